The SMILES string of the molecule is CCCn1cc(C(=O)C2(O)CCC(C)CC2)cn1. The molecule has 1 saturated carbocycles. The van der Waals surface area contributed by atoms with E-state index in [0.29, 0.717) is 24.3 Å². The molecule has 0 saturated heterocycles. The summed E-state index contributed by atoms with van der Waals surface area (Å²) in [5.74, 6) is 0.456. The van der Waals surface area contributed by atoms with Gasteiger partial charge in [0.1, 0.15) is 5.60 Å². The van der Waals surface area contributed by atoms with Crippen molar-refractivity contribution in [1.29, 1.82) is 0 Å². The van der Waals surface area contributed by atoms with Gasteiger partial charge in [0.05, 0.1) is 11.8 Å². The predicted octanol–water partition coefficient (Wildman–Crippen LogP) is 2.42. The maximum Gasteiger partial charge on any atom is 0.197 e. The number of ketones is 1. The molecular formula is C14H22N2O2. The summed E-state index contributed by atoms with van der Waals surface area (Å²) in [5.41, 5.74) is -0.618. The zero-order valence-corrected chi connectivity index (χ0v) is 11.2. The molecule has 0 unspecified atom stereocenters. The van der Waals surface area contributed by atoms with Crippen molar-refractivity contribution in [2.24, 2.45) is 5.92 Å². The lowest BCUT2D eigenvalue weighted by molar-refractivity contribution is 0.00425. The number of rotatable bonds is 4. The van der Waals surface area contributed by atoms with Crippen molar-refractivity contribution in [1.82, 2.24) is 9.78 Å². The molecule has 0 aromatic carbocycles. The molecule has 1 aliphatic carbocycles. The minimum absolute atomic E-state index is 0.156. The van der Waals surface area contributed by atoms with Crippen molar-refractivity contribution in [2.45, 2.75) is 58.1 Å². The summed E-state index contributed by atoms with van der Waals surface area (Å²) in [7, 11) is 0. The van der Waals surface area contributed by atoms with Gasteiger partial charge in [0.2, 0.25) is 0 Å². The molecule has 0 bridgehead atoms. The van der Waals surface area contributed by atoms with E-state index in [1.807, 2.05) is 0 Å². The van der Waals surface area contributed by atoms with Crippen LogP contribution in [0.4, 0.5) is 0 Å². The van der Waals surface area contributed by atoms with Crippen molar-refractivity contribution in [2.75, 3.05) is 0 Å². The van der Waals surface area contributed by atoms with Gasteiger partial charge in [-0.05, 0) is 38.0 Å². The summed E-state index contributed by atoms with van der Waals surface area (Å²) in [6.45, 7) is 5.05. The number of aliphatic hydroxyl groups is 1. The first kappa shape index (κ1) is 13.3. The molecule has 1 fully saturated rings. The third-order valence-corrected chi connectivity index (χ3v) is 3.87. The van der Waals surface area contributed by atoms with Crippen LogP contribution in [0.5, 0.6) is 0 Å². The van der Waals surface area contributed by atoms with E-state index in [9.17, 15) is 9.90 Å². The second-order valence-electron chi connectivity index (χ2n) is 5.54. The molecule has 0 radical (unpaired) electrons. The Labute approximate surface area is 108 Å². The van der Waals surface area contributed by atoms with Gasteiger partial charge in [0, 0.05) is 12.7 Å². The van der Waals surface area contributed by atoms with E-state index >= 15 is 0 Å². The molecule has 0 spiro atoms. The molecule has 0 atom stereocenters. The average Bonchev–Trinajstić information content (AvgIpc) is 2.81. The fourth-order valence-corrected chi connectivity index (χ4v) is 2.57. The standard InChI is InChI=1S/C14H22N2O2/c1-3-8-16-10-12(9-15-16)13(17)14(18)6-4-11(2)5-7-14/h9-11,18H,3-8H2,1-2H3. The first-order chi connectivity index (χ1) is 8.55. The van der Waals surface area contributed by atoms with E-state index in [1.165, 1.54) is 0 Å². The van der Waals surface area contributed by atoms with Crippen LogP contribution in [0, 0.1) is 5.92 Å². The van der Waals surface area contributed by atoms with E-state index in [1.54, 1.807) is 17.1 Å². The maximum atomic E-state index is 12.3. The Bertz CT molecular complexity index is 417. The van der Waals surface area contributed by atoms with E-state index in [-0.39, 0.29) is 5.78 Å². The molecule has 0 aliphatic heterocycles. The number of hydrogen-bond donors (Lipinski definition) is 1. The Morgan fingerprint density at radius 2 is 2.22 bits per heavy atom. The summed E-state index contributed by atoms with van der Waals surface area (Å²) in [5, 5.41) is 14.6. The lowest BCUT2D eigenvalue weighted by Gasteiger charge is -2.33. The quantitative estimate of drug-likeness (QED) is 0.835. The average molecular weight is 250 g/mol. The summed E-state index contributed by atoms with van der Waals surface area (Å²) in [6.07, 6.45) is 7.31. The van der Waals surface area contributed by atoms with Crippen molar-refractivity contribution in [3.63, 3.8) is 0 Å². The highest BCUT2D eigenvalue weighted by Gasteiger charge is 2.39. The second kappa shape index (κ2) is 5.22. The van der Waals surface area contributed by atoms with E-state index in [4.69, 9.17) is 0 Å². The van der Waals surface area contributed by atoms with Gasteiger partial charge in [-0.25, -0.2) is 0 Å². The molecule has 4 heteroatoms. The number of aromatic nitrogens is 2. The van der Waals surface area contributed by atoms with Crippen molar-refractivity contribution < 1.29 is 9.90 Å². The van der Waals surface area contributed by atoms with Crippen LogP contribution < -0.4 is 0 Å². The van der Waals surface area contributed by atoms with Gasteiger partial charge in [-0.2, -0.15) is 5.10 Å². The minimum atomic E-state index is -1.16. The predicted molar refractivity (Wildman–Crippen MR) is 69.4 cm³/mol. The Hall–Kier alpha value is -1.16. The molecule has 1 heterocycles. The molecule has 2 rings (SSSR count). The monoisotopic (exact) mass is 250 g/mol. The molecule has 1 N–H and O–H groups in total. The third kappa shape index (κ3) is 2.64. The number of hydrogen-bond acceptors (Lipinski definition) is 3. The van der Waals surface area contributed by atoms with Crippen LogP contribution in [0.25, 0.3) is 0 Å². The van der Waals surface area contributed by atoms with Gasteiger partial charge in [-0.1, -0.05) is 13.8 Å². The van der Waals surface area contributed by atoms with Gasteiger partial charge in [-0.3, -0.25) is 9.48 Å². The smallest absolute Gasteiger partial charge is 0.197 e. The Kier molecular flexibility index (Phi) is 3.85. The Balaban J connectivity index is 2.09. The molecule has 1 aliphatic rings. The van der Waals surface area contributed by atoms with Crippen LogP contribution in [0.15, 0.2) is 12.4 Å². The summed E-state index contributed by atoms with van der Waals surface area (Å²) in [6, 6.07) is 0. The van der Waals surface area contributed by atoms with E-state index in [0.717, 1.165) is 25.8 Å². The Morgan fingerprint density at radius 1 is 1.56 bits per heavy atom. The first-order valence-electron chi connectivity index (χ1n) is 6.85. The molecule has 4 nitrogen and oxygen atoms in total. The van der Waals surface area contributed by atoms with Gasteiger partial charge in [0.25, 0.3) is 0 Å². The third-order valence-electron chi connectivity index (χ3n) is 3.87. The number of Topliss-reactive ketones (excluding diaryl/α,β-unsaturated/α-hetero) is 1. The van der Waals surface area contributed by atoms with Crippen LogP contribution in [0.3, 0.4) is 0 Å². The molecule has 1 aromatic heterocycles. The van der Waals surface area contributed by atoms with Gasteiger partial charge in [-0.15, -0.1) is 0 Å². The van der Waals surface area contributed by atoms with Crippen molar-refractivity contribution in [3.8, 4) is 0 Å². The van der Waals surface area contributed by atoms with E-state index < -0.39 is 5.60 Å². The minimum Gasteiger partial charge on any atom is -0.382 e. The topological polar surface area (TPSA) is 55.1 Å². The highest BCUT2D eigenvalue weighted by Crippen LogP contribution is 2.34. The lowest BCUT2D eigenvalue weighted by atomic mass is 9.76. The van der Waals surface area contributed by atoms with E-state index in [2.05, 4.69) is 18.9 Å². The number of carbonyl (C=O) groups is 1. The van der Waals surface area contributed by atoms with Crippen LogP contribution in [-0.2, 0) is 6.54 Å². The van der Waals surface area contributed by atoms with Crippen molar-refractivity contribution in [3.05, 3.63) is 18.0 Å². The summed E-state index contributed by atoms with van der Waals surface area (Å²) >= 11 is 0. The summed E-state index contributed by atoms with van der Waals surface area (Å²) in [4.78, 5) is 12.3. The number of carbonyl (C=O) groups excluding carboxylic acids is 1. The van der Waals surface area contributed by atoms with Gasteiger partial charge in [0.15, 0.2) is 5.78 Å². The van der Waals surface area contributed by atoms with Crippen LogP contribution in [-0.4, -0.2) is 26.3 Å². The highest BCUT2D eigenvalue weighted by atomic mass is 16.3. The zero-order chi connectivity index (χ0) is 13.2. The zero-order valence-electron chi connectivity index (χ0n) is 11.2. The maximum absolute atomic E-state index is 12.3. The summed E-state index contributed by atoms with van der Waals surface area (Å²) < 4.78 is 1.77. The molecule has 18 heavy (non-hydrogen) atoms. The van der Waals surface area contributed by atoms with Crippen LogP contribution in [0.1, 0.15) is 56.3 Å². The largest absolute Gasteiger partial charge is 0.382 e. The molecule has 1 aromatic rings. The number of aryl methyl sites for hydroxylation is 1. The fraction of sp³-hybridized carbons (Fsp3) is 0.714. The molecule has 0 amide bonds. The van der Waals surface area contributed by atoms with Gasteiger partial charge < -0.3 is 5.11 Å². The highest BCUT2D eigenvalue weighted by molar-refractivity contribution is 6.02. The Morgan fingerprint density at radius 3 is 2.83 bits per heavy atom. The first-order valence-corrected chi connectivity index (χ1v) is 6.85. The second-order valence-corrected chi connectivity index (χ2v) is 5.54. The van der Waals surface area contributed by atoms with Gasteiger partial charge >= 0.3 is 0 Å². The van der Waals surface area contributed by atoms with Crippen LogP contribution in [0.2, 0.25) is 0 Å². The number of nitrogens with zero attached hydrogens (tertiary/aromatic N) is 2. The molecule has 100 valence electrons. The molecular weight excluding hydrogens is 228 g/mol. The van der Waals surface area contributed by atoms with Crippen molar-refractivity contribution >= 4 is 5.78 Å². The lowest BCUT2D eigenvalue weighted by Crippen LogP contribution is -2.41. The fourth-order valence-electron chi connectivity index (χ4n) is 2.57. The normalized spacial score (nSPS) is 28.3. The van der Waals surface area contributed by atoms with Crippen LogP contribution >= 0.6 is 0 Å².